The minimum Gasteiger partial charge on any atom is -0.359 e. The summed E-state index contributed by atoms with van der Waals surface area (Å²) in [7, 11) is 2.10. The number of fused-ring (bicyclic) bond motifs is 1. The SMILES string of the molecule is CN(CC1CCNC1)c1cc(-c2ccccc2)n2ncnc2n1. The second-order valence-electron chi connectivity index (χ2n) is 6.08. The van der Waals surface area contributed by atoms with E-state index in [2.05, 4.69) is 50.5 Å². The lowest BCUT2D eigenvalue weighted by molar-refractivity contribution is 0.576. The Morgan fingerprint density at radius 3 is 2.96 bits per heavy atom. The van der Waals surface area contributed by atoms with E-state index in [-0.39, 0.29) is 0 Å². The van der Waals surface area contributed by atoms with Crippen LogP contribution in [0.1, 0.15) is 6.42 Å². The highest BCUT2D eigenvalue weighted by Crippen LogP contribution is 2.24. The molecule has 4 rings (SSSR count). The van der Waals surface area contributed by atoms with Crippen molar-refractivity contribution in [1.29, 1.82) is 0 Å². The Morgan fingerprint density at radius 1 is 1.30 bits per heavy atom. The van der Waals surface area contributed by atoms with Gasteiger partial charge in [0.25, 0.3) is 5.78 Å². The maximum absolute atomic E-state index is 4.66. The maximum atomic E-state index is 4.66. The van der Waals surface area contributed by atoms with Gasteiger partial charge in [-0.05, 0) is 25.4 Å². The normalized spacial score (nSPS) is 17.7. The van der Waals surface area contributed by atoms with E-state index >= 15 is 0 Å². The first-order valence-electron chi connectivity index (χ1n) is 7.99. The highest BCUT2D eigenvalue weighted by molar-refractivity contribution is 5.65. The number of nitrogens with one attached hydrogen (secondary N) is 1. The number of anilines is 1. The van der Waals surface area contributed by atoms with E-state index in [4.69, 9.17) is 0 Å². The molecule has 1 aliphatic heterocycles. The Labute approximate surface area is 135 Å². The van der Waals surface area contributed by atoms with E-state index < -0.39 is 0 Å². The van der Waals surface area contributed by atoms with Gasteiger partial charge in [-0.3, -0.25) is 0 Å². The van der Waals surface area contributed by atoms with Crippen LogP contribution >= 0.6 is 0 Å². The third-order valence-corrected chi connectivity index (χ3v) is 4.39. The molecule has 3 aromatic rings. The summed E-state index contributed by atoms with van der Waals surface area (Å²) in [5, 5.41) is 7.73. The van der Waals surface area contributed by atoms with Crippen LogP contribution in [0.3, 0.4) is 0 Å². The Balaban J connectivity index is 1.73. The van der Waals surface area contributed by atoms with Gasteiger partial charge in [-0.15, -0.1) is 0 Å². The monoisotopic (exact) mass is 308 g/mol. The van der Waals surface area contributed by atoms with Gasteiger partial charge in [0.1, 0.15) is 12.1 Å². The number of benzene rings is 1. The number of hydrogen-bond acceptors (Lipinski definition) is 5. The highest BCUT2D eigenvalue weighted by atomic mass is 15.3. The Kier molecular flexibility index (Phi) is 3.67. The molecule has 23 heavy (non-hydrogen) atoms. The molecule has 2 aromatic heterocycles. The van der Waals surface area contributed by atoms with Crippen molar-refractivity contribution in [3.63, 3.8) is 0 Å². The Hall–Kier alpha value is -2.47. The molecule has 1 fully saturated rings. The molecule has 1 atom stereocenters. The van der Waals surface area contributed by atoms with Gasteiger partial charge in [0.15, 0.2) is 0 Å². The molecule has 0 bridgehead atoms. The molecule has 3 heterocycles. The van der Waals surface area contributed by atoms with Crippen LogP contribution in [0, 0.1) is 5.92 Å². The first kappa shape index (κ1) is 14.1. The summed E-state index contributed by atoms with van der Waals surface area (Å²) in [6.45, 7) is 3.20. The first-order chi connectivity index (χ1) is 11.3. The minimum absolute atomic E-state index is 0.637. The van der Waals surface area contributed by atoms with Crippen LogP contribution in [-0.2, 0) is 0 Å². The average molecular weight is 308 g/mol. The number of nitrogens with zero attached hydrogens (tertiary/aromatic N) is 5. The van der Waals surface area contributed by atoms with Gasteiger partial charge >= 0.3 is 0 Å². The Bertz CT molecular complexity index is 791. The molecule has 0 spiro atoms. The molecule has 1 aliphatic rings. The fourth-order valence-electron chi connectivity index (χ4n) is 3.16. The van der Waals surface area contributed by atoms with Crippen LogP contribution in [0.5, 0.6) is 0 Å². The molecule has 6 nitrogen and oxygen atoms in total. The van der Waals surface area contributed by atoms with Crippen molar-refractivity contribution in [3.05, 3.63) is 42.7 Å². The van der Waals surface area contributed by atoms with Gasteiger partial charge < -0.3 is 10.2 Å². The molecule has 0 amide bonds. The van der Waals surface area contributed by atoms with E-state index in [1.165, 1.54) is 6.42 Å². The largest absolute Gasteiger partial charge is 0.359 e. The number of hydrogen-bond donors (Lipinski definition) is 1. The van der Waals surface area contributed by atoms with Crippen molar-refractivity contribution in [3.8, 4) is 11.3 Å². The minimum atomic E-state index is 0.637. The summed E-state index contributed by atoms with van der Waals surface area (Å²) in [6, 6.07) is 12.4. The third kappa shape index (κ3) is 2.77. The first-order valence-corrected chi connectivity index (χ1v) is 7.99. The molecule has 0 aliphatic carbocycles. The van der Waals surface area contributed by atoms with E-state index in [1.54, 1.807) is 10.8 Å². The van der Waals surface area contributed by atoms with Crippen LogP contribution in [0.15, 0.2) is 42.7 Å². The fourth-order valence-corrected chi connectivity index (χ4v) is 3.16. The summed E-state index contributed by atoms with van der Waals surface area (Å²) in [4.78, 5) is 11.2. The average Bonchev–Trinajstić information content (AvgIpc) is 3.25. The lowest BCUT2D eigenvalue weighted by Crippen LogP contribution is -2.27. The molecule has 0 radical (unpaired) electrons. The standard InChI is InChI=1S/C17H20N6/c1-22(11-13-7-8-18-10-13)16-9-15(14-5-3-2-4-6-14)23-17(21-16)19-12-20-23/h2-6,9,12-13,18H,7-8,10-11H2,1H3. The second kappa shape index (κ2) is 5.96. The lowest BCUT2D eigenvalue weighted by Gasteiger charge is -2.22. The highest BCUT2D eigenvalue weighted by Gasteiger charge is 2.18. The number of aromatic nitrogens is 4. The third-order valence-electron chi connectivity index (χ3n) is 4.39. The van der Waals surface area contributed by atoms with E-state index in [9.17, 15) is 0 Å². The van der Waals surface area contributed by atoms with Crippen LogP contribution < -0.4 is 10.2 Å². The number of rotatable bonds is 4. The van der Waals surface area contributed by atoms with Gasteiger partial charge in [-0.25, -0.2) is 0 Å². The fraction of sp³-hybridized carbons (Fsp3) is 0.353. The van der Waals surface area contributed by atoms with Crippen molar-refractivity contribution < 1.29 is 0 Å². The van der Waals surface area contributed by atoms with Crippen LogP contribution in [0.2, 0.25) is 0 Å². The van der Waals surface area contributed by atoms with E-state index in [0.717, 1.165) is 36.7 Å². The maximum Gasteiger partial charge on any atom is 0.254 e. The molecular formula is C17H20N6. The van der Waals surface area contributed by atoms with Gasteiger partial charge in [0.2, 0.25) is 0 Å². The molecule has 1 aromatic carbocycles. The predicted octanol–water partition coefficient (Wildman–Crippen LogP) is 1.84. The summed E-state index contributed by atoms with van der Waals surface area (Å²) in [5.74, 6) is 2.25. The summed E-state index contributed by atoms with van der Waals surface area (Å²) < 4.78 is 1.80. The van der Waals surface area contributed by atoms with Gasteiger partial charge in [0.05, 0.1) is 5.69 Å². The van der Waals surface area contributed by atoms with Gasteiger partial charge in [-0.1, -0.05) is 30.3 Å². The van der Waals surface area contributed by atoms with Gasteiger partial charge in [-0.2, -0.15) is 19.6 Å². The zero-order chi connectivity index (χ0) is 15.6. The van der Waals surface area contributed by atoms with E-state index in [1.807, 2.05) is 18.2 Å². The topological polar surface area (TPSA) is 58.4 Å². The van der Waals surface area contributed by atoms with Crippen molar-refractivity contribution in [2.24, 2.45) is 5.92 Å². The second-order valence-corrected chi connectivity index (χ2v) is 6.08. The Morgan fingerprint density at radius 2 is 2.17 bits per heavy atom. The molecule has 6 heteroatoms. The predicted molar refractivity (Wildman–Crippen MR) is 90.5 cm³/mol. The van der Waals surface area contributed by atoms with Crippen LogP contribution in [0.4, 0.5) is 5.82 Å². The molecule has 1 unspecified atom stereocenters. The van der Waals surface area contributed by atoms with Gasteiger partial charge in [0, 0.05) is 25.2 Å². The summed E-state index contributed by atoms with van der Waals surface area (Å²) in [5.41, 5.74) is 2.13. The van der Waals surface area contributed by atoms with Crippen molar-refractivity contribution in [2.75, 3.05) is 31.6 Å². The smallest absolute Gasteiger partial charge is 0.254 e. The van der Waals surface area contributed by atoms with Crippen molar-refractivity contribution >= 4 is 11.6 Å². The zero-order valence-electron chi connectivity index (χ0n) is 13.2. The molecule has 118 valence electrons. The molecule has 1 N–H and O–H groups in total. The van der Waals surface area contributed by atoms with Crippen molar-refractivity contribution in [1.82, 2.24) is 24.9 Å². The molecular weight excluding hydrogens is 288 g/mol. The van der Waals surface area contributed by atoms with E-state index in [0.29, 0.717) is 11.7 Å². The molecule has 0 saturated carbocycles. The molecule has 1 saturated heterocycles. The summed E-state index contributed by atoms with van der Waals surface area (Å²) >= 11 is 0. The van der Waals surface area contributed by atoms with Crippen LogP contribution in [0.25, 0.3) is 17.0 Å². The zero-order valence-corrected chi connectivity index (χ0v) is 13.2. The van der Waals surface area contributed by atoms with Crippen molar-refractivity contribution in [2.45, 2.75) is 6.42 Å². The lowest BCUT2D eigenvalue weighted by atomic mass is 10.1. The summed E-state index contributed by atoms with van der Waals surface area (Å²) in [6.07, 6.45) is 2.78. The quantitative estimate of drug-likeness (QED) is 0.797. The van der Waals surface area contributed by atoms with Crippen LogP contribution in [-0.4, -0.2) is 46.3 Å².